The number of halogens is 1. The molecule has 3 atom stereocenters. The highest BCUT2D eigenvalue weighted by Gasteiger charge is 2.57. The van der Waals surface area contributed by atoms with Gasteiger partial charge < -0.3 is 39.7 Å². The summed E-state index contributed by atoms with van der Waals surface area (Å²) in [6, 6.07) is 16.2. The first kappa shape index (κ1) is 37.1. The molecule has 3 aromatic carbocycles. The van der Waals surface area contributed by atoms with Gasteiger partial charge in [-0.25, -0.2) is 19.4 Å². The molecule has 15 heteroatoms. The SMILES string of the molecule is CC(C)[C@@H]1NC(=O)[C@@H](NC(=O)OCc2ccccc2)Cc2ccc(OC(=O)OC(C)(C)C)c(c2)[C@]2(C(=O)Nc3c(Br)cccc32)c2oc1nc2C(=O)O. The number of carbonyl (C=O) groups excluding carboxylic acids is 4. The maximum atomic E-state index is 14.7. The van der Waals surface area contributed by atoms with Crippen molar-refractivity contribution in [2.24, 2.45) is 5.92 Å². The number of carbonyl (C=O) groups is 5. The summed E-state index contributed by atoms with van der Waals surface area (Å²) in [5.41, 5.74) is -1.93. The van der Waals surface area contributed by atoms with Crippen LogP contribution in [-0.2, 0) is 37.5 Å². The van der Waals surface area contributed by atoms with Crippen molar-refractivity contribution in [3.8, 4) is 5.75 Å². The van der Waals surface area contributed by atoms with Crippen LogP contribution in [0.3, 0.4) is 0 Å². The molecule has 6 rings (SSSR count). The zero-order valence-corrected chi connectivity index (χ0v) is 31.0. The Morgan fingerprint density at radius 3 is 2.47 bits per heavy atom. The van der Waals surface area contributed by atoms with Crippen LogP contribution >= 0.6 is 15.9 Å². The van der Waals surface area contributed by atoms with Gasteiger partial charge in [-0.05, 0) is 65.9 Å². The smallest absolute Gasteiger partial charge is 0.476 e. The Labute approximate surface area is 312 Å². The Bertz CT molecular complexity index is 2110. The fourth-order valence-electron chi connectivity index (χ4n) is 6.34. The number of carboxylic acids is 1. The van der Waals surface area contributed by atoms with Gasteiger partial charge in [0.2, 0.25) is 17.7 Å². The Kier molecular flexibility index (Phi) is 10.1. The molecule has 14 nitrogen and oxygen atoms in total. The van der Waals surface area contributed by atoms with E-state index in [9.17, 15) is 29.1 Å². The molecule has 0 fully saturated rings. The number of nitrogens with one attached hydrogen (secondary N) is 3. The number of carboxylic acid groups (broad SMARTS) is 1. The molecule has 2 aliphatic rings. The van der Waals surface area contributed by atoms with Crippen LogP contribution in [0.4, 0.5) is 15.3 Å². The van der Waals surface area contributed by atoms with Crippen molar-refractivity contribution in [3.05, 3.63) is 111 Å². The molecule has 0 unspecified atom stereocenters. The Morgan fingerprint density at radius 2 is 1.79 bits per heavy atom. The third-order valence-electron chi connectivity index (χ3n) is 8.71. The van der Waals surface area contributed by atoms with E-state index in [1.54, 1.807) is 83.1 Å². The summed E-state index contributed by atoms with van der Waals surface area (Å²) < 4.78 is 23.5. The predicted molar refractivity (Wildman–Crippen MR) is 192 cm³/mol. The van der Waals surface area contributed by atoms with Crippen molar-refractivity contribution in [3.63, 3.8) is 0 Å². The summed E-state index contributed by atoms with van der Waals surface area (Å²) >= 11 is 3.49. The summed E-state index contributed by atoms with van der Waals surface area (Å²) in [7, 11) is 0. The minimum absolute atomic E-state index is 0.00658. The molecule has 4 aromatic rings. The van der Waals surface area contributed by atoms with E-state index in [0.717, 1.165) is 5.56 Å². The molecular weight excluding hydrogens is 752 g/mol. The zero-order chi connectivity index (χ0) is 38.2. The van der Waals surface area contributed by atoms with Crippen molar-refractivity contribution in [1.82, 2.24) is 15.6 Å². The third kappa shape index (κ3) is 7.33. The molecule has 2 aliphatic heterocycles. The lowest BCUT2D eigenvalue weighted by molar-refractivity contribution is -0.124. The van der Waals surface area contributed by atoms with Crippen molar-refractivity contribution >= 4 is 51.6 Å². The summed E-state index contributed by atoms with van der Waals surface area (Å²) in [5.74, 6) is -4.03. The molecule has 3 heterocycles. The summed E-state index contributed by atoms with van der Waals surface area (Å²) in [6.45, 7) is 8.43. The number of fused-ring (bicyclic) bond motifs is 8. The van der Waals surface area contributed by atoms with Gasteiger partial charge in [0.15, 0.2) is 16.9 Å². The minimum Gasteiger partial charge on any atom is -0.476 e. The van der Waals surface area contributed by atoms with Crippen LogP contribution in [-0.4, -0.2) is 51.8 Å². The second-order valence-corrected chi connectivity index (χ2v) is 14.8. The fraction of sp³-hybridized carbons (Fsp3) is 0.316. The summed E-state index contributed by atoms with van der Waals surface area (Å²) in [5, 5.41) is 18.9. The Morgan fingerprint density at radius 1 is 1.06 bits per heavy atom. The number of para-hydroxylation sites is 1. The molecule has 276 valence electrons. The topological polar surface area (TPSA) is 195 Å². The molecule has 4 bridgehead atoms. The zero-order valence-electron chi connectivity index (χ0n) is 29.4. The average molecular weight is 790 g/mol. The number of amides is 3. The number of hydrogen-bond donors (Lipinski definition) is 4. The number of benzene rings is 3. The molecular formula is C38H37BrN4O10. The van der Waals surface area contributed by atoms with Crippen molar-refractivity contribution in [2.45, 2.75) is 70.7 Å². The third-order valence-corrected chi connectivity index (χ3v) is 9.37. The predicted octanol–water partition coefficient (Wildman–Crippen LogP) is 6.40. The second-order valence-electron chi connectivity index (χ2n) is 14.0. The highest BCUT2D eigenvalue weighted by Crippen LogP contribution is 2.54. The van der Waals surface area contributed by atoms with Crippen molar-refractivity contribution < 1.29 is 47.7 Å². The molecule has 4 N–H and O–H groups in total. The first-order chi connectivity index (χ1) is 25.1. The lowest BCUT2D eigenvalue weighted by Gasteiger charge is -2.30. The van der Waals surface area contributed by atoms with E-state index in [1.165, 1.54) is 12.1 Å². The van der Waals surface area contributed by atoms with Gasteiger partial charge in [-0.15, -0.1) is 0 Å². The lowest BCUT2D eigenvalue weighted by Crippen LogP contribution is -2.49. The average Bonchev–Trinajstić information content (AvgIpc) is 3.66. The van der Waals surface area contributed by atoms with Crippen molar-refractivity contribution in [1.29, 1.82) is 0 Å². The van der Waals surface area contributed by atoms with Crippen LogP contribution in [0.15, 0.2) is 75.6 Å². The van der Waals surface area contributed by atoms with E-state index in [1.807, 2.05) is 6.07 Å². The second kappa shape index (κ2) is 14.4. The molecule has 53 heavy (non-hydrogen) atoms. The summed E-state index contributed by atoms with van der Waals surface area (Å²) in [4.78, 5) is 72.3. The van der Waals surface area contributed by atoms with E-state index < -0.39 is 64.7 Å². The number of anilines is 1. The summed E-state index contributed by atoms with van der Waals surface area (Å²) in [6.07, 6.45) is -2.09. The molecule has 0 saturated heterocycles. The number of oxazole rings is 1. The fourth-order valence-corrected chi connectivity index (χ4v) is 6.81. The highest BCUT2D eigenvalue weighted by atomic mass is 79.9. The quantitative estimate of drug-likeness (QED) is 0.125. The van der Waals surface area contributed by atoms with E-state index in [0.29, 0.717) is 15.7 Å². The van der Waals surface area contributed by atoms with Gasteiger partial charge in [0.05, 0.1) is 5.69 Å². The molecule has 3 amide bonds. The van der Waals surface area contributed by atoms with Crippen LogP contribution in [0.1, 0.15) is 85.1 Å². The van der Waals surface area contributed by atoms with Crippen LogP contribution < -0.4 is 20.7 Å². The lowest BCUT2D eigenvalue weighted by atomic mass is 9.71. The number of rotatable bonds is 6. The number of aromatic nitrogens is 1. The minimum atomic E-state index is -2.10. The van der Waals surface area contributed by atoms with E-state index in [2.05, 4.69) is 36.9 Å². The van der Waals surface area contributed by atoms with Gasteiger partial charge in [-0.1, -0.05) is 68.4 Å². The molecule has 0 saturated carbocycles. The van der Waals surface area contributed by atoms with Gasteiger partial charge >= 0.3 is 18.2 Å². The normalized spacial score (nSPS) is 19.3. The van der Waals surface area contributed by atoms with Crippen LogP contribution in [0.2, 0.25) is 0 Å². The Balaban J connectivity index is 1.57. The monoisotopic (exact) mass is 788 g/mol. The number of aromatic carboxylic acids is 1. The van der Waals surface area contributed by atoms with Crippen LogP contribution in [0, 0.1) is 5.92 Å². The molecule has 0 radical (unpaired) electrons. The first-order valence-corrected chi connectivity index (χ1v) is 17.5. The Hall–Kier alpha value is -5.70. The maximum Gasteiger partial charge on any atom is 0.514 e. The number of hydrogen-bond acceptors (Lipinski definition) is 10. The van der Waals surface area contributed by atoms with E-state index in [-0.39, 0.29) is 41.6 Å². The standard InChI is InChI=1S/C38H37BrN4O10/c1-19(2)27-32-42-29(33(45)46)30(52-32)38(22-12-9-13-24(39)28(22)43-34(38)47)23-16-21(14-15-26(23)51-36(49)53-37(3,4)5)17-25(31(44)41-27)40-35(48)50-18-20-10-7-6-8-11-20/h6-16,19,25,27H,17-18H2,1-5H3,(H,40,48)(H,41,44)(H,43,47)(H,45,46)/t25-,27-,38-/m0/s1. The van der Waals surface area contributed by atoms with E-state index >= 15 is 0 Å². The van der Waals surface area contributed by atoms with Gasteiger partial charge in [0, 0.05) is 22.0 Å². The van der Waals surface area contributed by atoms with Crippen molar-refractivity contribution in [2.75, 3.05) is 5.32 Å². The molecule has 0 aliphatic carbocycles. The van der Waals surface area contributed by atoms with Gasteiger partial charge in [-0.2, -0.15) is 0 Å². The van der Waals surface area contributed by atoms with Gasteiger partial charge in [0.1, 0.15) is 30.0 Å². The largest absolute Gasteiger partial charge is 0.514 e. The maximum absolute atomic E-state index is 14.7. The van der Waals surface area contributed by atoms with Gasteiger partial charge in [-0.3, -0.25) is 9.59 Å². The van der Waals surface area contributed by atoms with E-state index in [4.69, 9.17) is 18.6 Å². The highest BCUT2D eigenvalue weighted by molar-refractivity contribution is 9.10. The first-order valence-electron chi connectivity index (χ1n) is 16.7. The number of ether oxygens (including phenoxy) is 3. The van der Waals surface area contributed by atoms with Crippen LogP contribution in [0.5, 0.6) is 5.75 Å². The van der Waals surface area contributed by atoms with Crippen LogP contribution in [0.25, 0.3) is 0 Å². The molecule has 1 spiro atoms. The molecule has 1 aromatic heterocycles. The number of nitrogens with zero attached hydrogens (tertiary/aromatic N) is 1. The van der Waals surface area contributed by atoms with Gasteiger partial charge in [0.25, 0.3) is 0 Å². The number of alkyl carbamates (subject to hydrolysis) is 1.